The Morgan fingerprint density at radius 3 is 2.55 bits per heavy atom. The summed E-state index contributed by atoms with van der Waals surface area (Å²) in [5.41, 5.74) is 6.71. The molecule has 0 saturated heterocycles. The molecule has 108 valence electrons. The lowest BCUT2D eigenvalue weighted by atomic mass is 9.90. The smallest absolute Gasteiger partial charge is 0.0189 e. The third kappa shape index (κ3) is 4.52. The summed E-state index contributed by atoms with van der Waals surface area (Å²) in [5, 5.41) is 0. The number of allylic oxidation sites excluding steroid dienone is 4. The minimum atomic E-state index is 1.04. The highest BCUT2D eigenvalue weighted by Crippen LogP contribution is 2.28. The largest absolute Gasteiger partial charge is 0.103 e. The molecule has 1 aromatic rings. The van der Waals surface area contributed by atoms with E-state index >= 15 is 0 Å². The highest BCUT2D eigenvalue weighted by molar-refractivity contribution is 5.73. The SMILES string of the molecule is C=CCCC(=CCC)c1cc(C(=C)C)ccc1CCC. The lowest BCUT2D eigenvalue weighted by molar-refractivity contribution is 0.914. The second-order valence-corrected chi connectivity index (χ2v) is 5.37. The maximum Gasteiger partial charge on any atom is -0.0189 e. The van der Waals surface area contributed by atoms with Crippen molar-refractivity contribution in [3.8, 4) is 0 Å². The average molecular weight is 268 g/mol. The fraction of sp³-hybridized carbons (Fsp3) is 0.400. The van der Waals surface area contributed by atoms with Crippen molar-refractivity contribution in [1.29, 1.82) is 0 Å². The van der Waals surface area contributed by atoms with Crippen molar-refractivity contribution in [1.82, 2.24) is 0 Å². The molecule has 0 aliphatic rings. The molecular weight excluding hydrogens is 240 g/mol. The zero-order valence-corrected chi connectivity index (χ0v) is 13.3. The minimum absolute atomic E-state index is 1.04. The van der Waals surface area contributed by atoms with Gasteiger partial charge in [-0.1, -0.05) is 56.7 Å². The third-order valence-electron chi connectivity index (χ3n) is 3.54. The van der Waals surface area contributed by atoms with E-state index in [1.165, 1.54) is 28.7 Å². The zero-order valence-electron chi connectivity index (χ0n) is 13.3. The lowest BCUT2D eigenvalue weighted by Gasteiger charge is -2.15. The highest BCUT2D eigenvalue weighted by Gasteiger charge is 2.08. The summed E-state index contributed by atoms with van der Waals surface area (Å²) < 4.78 is 0. The van der Waals surface area contributed by atoms with Crippen molar-refractivity contribution >= 4 is 11.1 Å². The number of hydrogen-bond donors (Lipinski definition) is 0. The Bertz CT molecular complexity index is 489. The summed E-state index contributed by atoms with van der Waals surface area (Å²) >= 11 is 0. The Labute approximate surface area is 124 Å². The number of hydrogen-bond acceptors (Lipinski definition) is 0. The molecule has 0 saturated carbocycles. The van der Waals surface area contributed by atoms with Crippen molar-refractivity contribution < 1.29 is 0 Å². The Kier molecular flexibility index (Phi) is 7.08. The molecule has 1 rings (SSSR count). The van der Waals surface area contributed by atoms with E-state index in [9.17, 15) is 0 Å². The molecule has 0 amide bonds. The molecule has 0 bridgehead atoms. The van der Waals surface area contributed by atoms with E-state index in [-0.39, 0.29) is 0 Å². The van der Waals surface area contributed by atoms with E-state index in [4.69, 9.17) is 0 Å². The maximum absolute atomic E-state index is 4.07. The molecule has 0 aromatic heterocycles. The van der Waals surface area contributed by atoms with E-state index in [2.05, 4.69) is 58.2 Å². The first-order chi connectivity index (χ1) is 9.63. The second-order valence-electron chi connectivity index (χ2n) is 5.37. The predicted octanol–water partition coefficient (Wildman–Crippen LogP) is 6.43. The van der Waals surface area contributed by atoms with Crippen molar-refractivity contribution in [2.75, 3.05) is 0 Å². The number of aryl methyl sites for hydroxylation is 1. The van der Waals surface area contributed by atoms with Gasteiger partial charge < -0.3 is 0 Å². The van der Waals surface area contributed by atoms with Gasteiger partial charge in [0.2, 0.25) is 0 Å². The van der Waals surface area contributed by atoms with Gasteiger partial charge in [0.05, 0.1) is 0 Å². The molecule has 0 spiro atoms. The van der Waals surface area contributed by atoms with Gasteiger partial charge in [-0.15, -0.1) is 6.58 Å². The van der Waals surface area contributed by atoms with Crippen molar-refractivity contribution in [2.45, 2.75) is 52.9 Å². The second kappa shape index (κ2) is 8.58. The van der Waals surface area contributed by atoms with Crippen LogP contribution in [-0.4, -0.2) is 0 Å². The van der Waals surface area contributed by atoms with Gasteiger partial charge in [0, 0.05) is 0 Å². The first-order valence-corrected chi connectivity index (χ1v) is 7.73. The molecular formula is C20H28. The van der Waals surface area contributed by atoms with Crippen LogP contribution in [0, 0.1) is 0 Å². The standard InChI is InChI=1S/C20H28/c1-6-9-12-17(10-7-2)20-15-19(16(4)5)14-13-18(20)11-8-3/h6,10,13-15H,1,4,7-9,11-12H2,2-3,5H3. The predicted molar refractivity (Wildman–Crippen MR) is 92.8 cm³/mol. The number of benzene rings is 1. The molecule has 20 heavy (non-hydrogen) atoms. The summed E-state index contributed by atoms with van der Waals surface area (Å²) in [6, 6.07) is 6.80. The van der Waals surface area contributed by atoms with E-state index < -0.39 is 0 Å². The van der Waals surface area contributed by atoms with Crippen LogP contribution in [-0.2, 0) is 6.42 Å². The van der Waals surface area contributed by atoms with E-state index in [1.807, 2.05) is 6.08 Å². The van der Waals surface area contributed by atoms with Crippen LogP contribution >= 0.6 is 0 Å². The van der Waals surface area contributed by atoms with E-state index in [0.717, 1.165) is 31.3 Å². The van der Waals surface area contributed by atoms with Gasteiger partial charge in [-0.05, 0) is 60.9 Å². The molecule has 0 nitrogen and oxygen atoms in total. The van der Waals surface area contributed by atoms with Crippen LogP contribution < -0.4 is 0 Å². The van der Waals surface area contributed by atoms with Crippen molar-refractivity contribution in [2.24, 2.45) is 0 Å². The van der Waals surface area contributed by atoms with Crippen LogP contribution in [0.15, 0.2) is 43.5 Å². The zero-order chi connectivity index (χ0) is 15.0. The van der Waals surface area contributed by atoms with Crippen molar-refractivity contribution in [3.63, 3.8) is 0 Å². The van der Waals surface area contributed by atoms with Crippen LogP contribution in [0.25, 0.3) is 11.1 Å². The van der Waals surface area contributed by atoms with Gasteiger partial charge in [0.1, 0.15) is 0 Å². The monoisotopic (exact) mass is 268 g/mol. The molecule has 0 aliphatic heterocycles. The first-order valence-electron chi connectivity index (χ1n) is 7.73. The summed E-state index contributed by atoms with van der Waals surface area (Å²) in [6.45, 7) is 14.4. The third-order valence-corrected chi connectivity index (χ3v) is 3.54. The van der Waals surface area contributed by atoms with Gasteiger partial charge in [0.15, 0.2) is 0 Å². The van der Waals surface area contributed by atoms with Crippen LogP contribution in [0.2, 0.25) is 0 Å². The Morgan fingerprint density at radius 1 is 1.25 bits per heavy atom. The molecule has 1 aromatic carbocycles. The van der Waals surface area contributed by atoms with Crippen LogP contribution in [0.1, 0.15) is 63.1 Å². The lowest BCUT2D eigenvalue weighted by Crippen LogP contribution is -1.96. The molecule has 0 radical (unpaired) electrons. The summed E-state index contributed by atoms with van der Waals surface area (Å²) in [5.74, 6) is 0. The van der Waals surface area contributed by atoms with Gasteiger partial charge >= 0.3 is 0 Å². The van der Waals surface area contributed by atoms with Crippen LogP contribution in [0.4, 0.5) is 0 Å². The Hall–Kier alpha value is -1.56. The van der Waals surface area contributed by atoms with Gasteiger partial charge in [-0.25, -0.2) is 0 Å². The van der Waals surface area contributed by atoms with E-state index in [0.29, 0.717) is 0 Å². The fourth-order valence-electron chi connectivity index (χ4n) is 2.48. The molecule has 0 N–H and O–H groups in total. The topological polar surface area (TPSA) is 0 Å². The average Bonchev–Trinajstić information content (AvgIpc) is 2.44. The molecule has 0 fully saturated rings. The summed E-state index contributed by atoms with van der Waals surface area (Å²) in [4.78, 5) is 0. The normalized spacial score (nSPS) is 11.4. The molecule has 0 atom stereocenters. The molecule has 0 unspecified atom stereocenters. The maximum atomic E-state index is 4.07. The highest BCUT2D eigenvalue weighted by atomic mass is 14.1. The van der Waals surface area contributed by atoms with E-state index in [1.54, 1.807) is 0 Å². The van der Waals surface area contributed by atoms with Crippen LogP contribution in [0.5, 0.6) is 0 Å². The van der Waals surface area contributed by atoms with Gasteiger partial charge in [-0.2, -0.15) is 0 Å². The quantitative estimate of drug-likeness (QED) is 0.476. The fourth-order valence-corrected chi connectivity index (χ4v) is 2.48. The number of rotatable bonds is 8. The molecule has 0 heteroatoms. The van der Waals surface area contributed by atoms with Gasteiger partial charge in [-0.3, -0.25) is 0 Å². The minimum Gasteiger partial charge on any atom is -0.103 e. The summed E-state index contributed by atoms with van der Waals surface area (Å²) in [6.07, 6.45) is 9.88. The summed E-state index contributed by atoms with van der Waals surface area (Å²) in [7, 11) is 0. The Morgan fingerprint density at radius 2 is 2.00 bits per heavy atom. The first kappa shape index (κ1) is 16.5. The molecule has 0 heterocycles. The molecule has 0 aliphatic carbocycles. The van der Waals surface area contributed by atoms with Crippen LogP contribution in [0.3, 0.4) is 0 Å². The van der Waals surface area contributed by atoms with Gasteiger partial charge in [0.25, 0.3) is 0 Å². The van der Waals surface area contributed by atoms with Crippen molar-refractivity contribution in [3.05, 3.63) is 60.2 Å². The Balaban J connectivity index is 3.26.